The van der Waals surface area contributed by atoms with Gasteiger partial charge in [-0.25, -0.2) is 4.79 Å². The molecule has 8 heteroatoms. The first-order valence-electron chi connectivity index (χ1n) is 12.8. The summed E-state index contributed by atoms with van der Waals surface area (Å²) in [5.41, 5.74) is 3.88. The summed E-state index contributed by atoms with van der Waals surface area (Å²) in [6.45, 7) is 0. The van der Waals surface area contributed by atoms with Crippen LogP contribution in [-0.4, -0.2) is 27.7 Å². The summed E-state index contributed by atoms with van der Waals surface area (Å²) < 4.78 is 13.1. The number of rotatable bonds is 7. The molecule has 3 heterocycles. The van der Waals surface area contributed by atoms with Crippen LogP contribution < -0.4 is 15.0 Å². The molecule has 1 N–H and O–H groups in total. The lowest BCUT2D eigenvalue weighted by atomic mass is 10.0. The predicted molar refractivity (Wildman–Crippen MR) is 158 cm³/mol. The highest BCUT2D eigenvalue weighted by Crippen LogP contribution is 2.43. The van der Waals surface area contributed by atoms with E-state index in [4.69, 9.17) is 21.7 Å². The molecule has 7 nitrogen and oxygen atoms in total. The molecule has 1 fully saturated rings. The predicted octanol–water partition coefficient (Wildman–Crippen LogP) is 6.63. The van der Waals surface area contributed by atoms with Gasteiger partial charge in [0.15, 0.2) is 5.11 Å². The molecule has 0 amide bonds. The smallest absolute Gasteiger partial charge is 0.339 e. The highest BCUT2D eigenvalue weighted by molar-refractivity contribution is 7.80. The van der Waals surface area contributed by atoms with Crippen molar-refractivity contribution in [2.75, 3.05) is 12.0 Å². The van der Waals surface area contributed by atoms with E-state index >= 15 is 0 Å². The van der Waals surface area contributed by atoms with Crippen LogP contribution in [0.3, 0.4) is 0 Å². The molecule has 198 valence electrons. The maximum Gasteiger partial charge on any atom is 0.339 e. The zero-order valence-electron chi connectivity index (χ0n) is 21.7. The van der Waals surface area contributed by atoms with E-state index in [2.05, 4.69) is 15.2 Å². The number of esters is 1. The van der Waals surface area contributed by atoms with Gasteiger partial charge in [0.1, 0.15) is 17.5 Å². The molecular weight excluding hydrogens is 520 g/mol. The second kappa shape index (κ2) is 11.0. The van der Waals surface area contributed by atoms with Crippen LogP contribution in [0, 0.1) is 0 Å². The van der Waals surface area contributed by atoms with Gasteiger partial charge in [-0.3, -0.25) is 4.98 Å². The second-order valence-electron chi connectivity index (χ2n) is 9.22. The van der Waals surface area contributed by atoms with Gasteiger partial charge < -0.3 is 24.3 Å². The number of hydrogen-bond donors (Lipinski definition) is 1. The average Bonchev–Trinajstić information content (AvgIpc) is 3.62. The molecule has 1 aliphatic rings. The molecule has 6 rings (SSSR count). The molecule has 5 aromatic rings. The molecule has 0 spiro atoms. The third kappa shape index (κ3) is 4.81. The maximum atomic E-state index is 12.6. The minimum atomic E-state index is -0.401. The molecule has 3 aromatic carbocycles. The van der Waals surface area contributed by atoms with Crippen molar-refractivity contribution in [2.45, 2.75) is 12.1 Å². The van der Waals surface area contributed by atoms with E-state index in [1.807, 2.05) is 114 Å². The SMILES string of the molecule is COC(=O)c1ccccc1-n1cccc1[C@H]1[C@H](c2ccccn2)NC(=S)N1c1ccc(Oc2ccccc2)cc1. The van der Waals surface area contributed by atoms with E-state index < -0.39 is 5.97 Å². The van der Waals surface area contributed by atoms with E-state index in [9.17, 15) is 4.79 Å². The zero-order valence-corrected chi connectivity index (χ0v) is 22.5. The minimum Gasteiger partial charge on any atom is -0.465 e. The van der Waals surface area contributed by atoms with E-state index in [-0.39, 0.29) is 12.1 Å². The Balaban J connectivity index is 1.43. The molecule has 0 bridgehead atoms. The Labute approximate surface area is 237 Å². The summed E-state index contributed by atoms with van der Waals surface area (Å²) >= 11 is 5.91. The van der Waals surface area contributed by atoms with Crippen molar-refractivity contribution in [3.05, 3.63) is 139 Å². The molecule has 0 saturated carbocycles. The summed E-state index contributed by atoms with van der Waals surface area (Å²) in [4.78, 5) is 19.4. The fourth-order valence-corrected chi connectivity index (χ4v) is 5.40. The summed E-state index contributed by atoms with van der Waals surface area (Å²) in [6.07, 6.45) is 3.73. The molecule has 0 unspecified atom stereocenters. The van der Waals surface area contributed by atoms with E-state index in [1.165, 1.54) is 7.11 Å². The van der Waals surface area contributed by atoms with Crippen LogP contribution in [0.15, 0.2) is 122 Å². The van der Waals surface area contributed by atoms with Gasteiger partial charge in [-0.05, 0) is 85.0 Å². The van der Waals surface area contributed by atoms with Crippen LogP contribution in [0.5, 0.6) is 11.5 Å². The number of carbonyl (C=O) groups is 1. The van der Waals surface area contributed by atoms with Crippen LogP contribution in [-0.2, 0) is 4.74 Å². The number of thiocarbonyl (C=S) groups is 1. The monoisotopic (exact) mass is 546 g/mol. The highest BCUT2D eigenvalue weighted by atomic mass is 32.1. The van der Waals surface area contributed by atoms with Crippen molar-refractivity contribution in [2.24, 2.45) is 0 Å². The Morgan fingerprint density at radius 2 is 1.57 bits per heavy atom. The molecule has 1 aliphatic heterocycles. The fraction of sp³-hybridized carbons (Fsp3) is 0.0938. The number of para-hydroxylation sites is 2. The van der Waals surface area contributed by atoms with Gasteiger partial charge in [-0.15, -0.1) is 0 Å². The van der Waals surface area contributed by atoms with Crippen LogP contribution >= 0.6 is 12.2 Å². The summed E-state index contributed by atoms with van der Waals surface area (Å²) in [5, 5.41) is 4.07. The number of benzene rings is 3. The van der Waals surface area contributed by atoms with Gasteiger partial charge in [0.05, 0.1) is 30.1 Å². The van der Waals surface area contributed by atoms with E-state index in [0.717, 1.165) is 34.3 Å². The minimum absolute atomic E-state index is 0.243. The van der Waals surface area contributed by atoms with Crippen molar-refractivity contribution in [1.82, 2.24) is 14.9 Å². The Kier molecular flexibility index (Phi) is 6.99. The second-order valence-corrected chi connectivity index (χ2v) is 9.60. The Morgan fingerprint density at radius 1 is 0.850 bits per heavy atom. The van der Waals surface area contributed by atoms with Crippen LogP contribution in [0.25, 0.3) is 5.69 Å². The lowest BCUT2D eigenvalue weighted by Gasteiger charge is -2.29. The number of anilines is 1. The molecule has 2 aromatic heterocycles. The van der Waals surface area contributed by atoms with E-state index in [0.29, 0.717) is 10.7 Å². The normalized spacial score (nSPS) is 16.4. The quantitative estimate of drug-likeness (QED) is 0.182. The van der Waals surface area contributed by atoms with Crippen molar-refractivity contribution in [1.29, 1.82) is 0 Å². The molecule has 2 atom stereocenters. The first-order valence-corrected chi connectivity index (χ1v) is 13.2. The first kappa shape index (κ1) is 25.3. The zero-order chi connectivity index (χ0) is 27.5. The third-order valence-electron chi connectivity index (χ3n) is 6.84. The number of methoxy groups -OCH3 is 1. The van der Waals surface area contributed by atoms with Crippen molar-refractivity contribution >= 4 is 29.0 Å². The number of aromatic nitrogens is 2. The average molecular weight is 547 g/mol. The standard InChI is InChI=1S/C32H26N4O3S/c1-38-31(37)25-12-5-6-14-27(25)35-21-9-15-28(35)30-29(26-13-7-8-20-33-26)34-32(40)36(30)22-16-18-24(19-17-22)39-23-10-3-2-4-11-23/h2-21,29-30H,1H3,(H,34,40)/t29-,30-/m0/s1. The van der Waals surface area contributed by atoms with Gasteiger partial charge in [-0.2, -0.15) is 0 Å². The molecule has 1 saturated heterocycles. The maximum absolute atomic E-state index is 12.6. The van der Waals surface area contributed by atoms with E-state index in [1.54, 1.807) is 12.3 Å². The van der Waals surface area contributed by atoms with Gasteiger partial charge >= 0.3 is 5.97 Å². The largest absolute Gasteiger partial charge is 0.465 e. The van der Waals surface area contributed by atoms with Crippen LogP contribution in [0.4, 0.5) is 5.69 Å². The van der Waals surface area contributed by atoms with Crippen molar-refractivity contribution < 1.29 is 14.3 Å². The fourth-order valence-electron chi connectivity index (χ4n) is 5.05. The van der Waals surface area contributed by atoms with Gasteiger partial charge in [0, 0.05) is 23.8 Å². The third-order valence-corrected chi connectivity index (χ3v) is 7.16. The van der Waals surface area contributed by atoms with Crippen LogP contribution in [0.2, 0.25) is 0 Å². The Bertz CT molecular complexity index is 1640. The number of nitrogens with zero attached hydrogens (tertiary/aromatic N) is 3. The lowest BCUT2D eigenvalue weighted by Crippen LogP contribution is -2.30. The van der Waals surface area contributed by atoms with Gasteiger partial charge in [0.25, 0.3) is 0 Å². The van der Waals surface area contributed by atoms with Crippen LogP contribution in [0.1, 0.15) is 33.8 Å². The summed E-state index contributed by atoms with van der Waals surface area (Å²) in [6, 6.07) is 34.3. The number of nitrogens with one attached hydrogen (secondary N) is 1. The van der Waals surface area contributed by atoms with Crippen molar-refractivity contribution in [3.63, 3.8) is 0 Å². The van der Waals surface area contributed by atoms with Gasteiger partial charge in [0.2, 0.25) is 0 Å². The molecule has 40 heavy (non-hydrogen) atoms. The molecule has 0 aliphatic carbocycles. The summed E-state index contributed by atoms with van der Waals surface area (Å²) in [7, 11) is 1.39. The lowest BCUT2D eigenvalue weighted by molar-refractivity contribution is 0.0600. The Morgan fingerprint density at radius 3 is 2.33 bits per heavy atom. The topological polar surface area (TPSA) is 68.6 Å². The van der Waals surface area contributed by atoms with Gasteiger partial charge in [-0.1, -0.05) is 36.4 Å². The molecular formula is C32H26N4O3S. The highest BCUT2D eigenvalue weighted by Gasteiger charge is 2.42. The number of pyridine rings is 1. The van der Waals surface area contributed by atoms with Crippen molar-refractivity contribution in [3.8, 4) is 17.2 Å². The number of hydrogen-bond acceptors (Lipinski definition) is 5. The Hall–Kier alpha value is -4.95. The number of ether oxygens (including phenoxy) is 2. The molecule has 0 radical (unpaired) electrons. The number of carbonyl (C=O) groups excluding carboxylic acids is 1. The summed E-state index contributed by atoms with van der Waals surface area (Å²) in [5.74, 6) is 1.09. The first-order chi connectivity index (χ1) is 19.6.